The van der Waals surface area contributed by atoms with Crippen molar-refractivity contribution in [3.63, 3.8) is 0 Å². The van der Waals surface area contributed by atoms with Crippen LogP contribution < -0.4 is 10.5 Å². The molecule has 0 aliphatic rings. The van der Waals surface area contributed by atoms with E-state index in [-0.39, 0.29) is 5.02 Å². The molecule has 0 aromatic heterocycles. The van der Waals surface area contributed by atoms with Gasteiger partial charge in [-0.25, -0.2) is 4.39 Å². The number of anilines is 1. The molecule has 0 saturated carbocycles. The van der Waals surface area contributed by atoms with Crippen LogP contribution in [0.25, 0.3) is 0 Å². The minimum atomic E-state index is -0.464. The van der Waals surface area contributed by atoms with Crippen LogP contribution in [-0.2, 0) is 6.61 Å². The van der Waals surface area contributed by atoms with Gasteiger partial charge >= 0.3 is 0 Å². The first-order valence-corrected chi connectivity index (χ1v) is 6.35. The lowest BCUT2D eigenvalue weighted by atomic mass is 10.2. The molecular weight excluding hydrogens is 321 g/mol. The van der Waals surface area contributed by atoms with E-state index >= 15 is 0 Å². The predicted octanol–water partition coefficient (Wildman–Crippen LogP) is 4.40. The van der Waals surface area contributed by atoms with Crippen LogP contribution >= 0.6 is 27.5 Å². The number of rotatable bonds is 3. The molecule has 2 N–H and O–H groups in total. The summed E-state index contributed by atoms with van der Waals surface area (Å²) < 4.78 is 19.3. The van der Waals surface area contributed by atoms with Gasteiger partial charge in [-0.15, -0.1) is 0 Å². The van der Waals surface area contributed by atoms with Gasteiger partial charge < -0.3 is 10.5 Å². The van der Waals surface area contributed by atoms with Crippen molar-refractivity contribution in [1.29, 1.82) is 0 Å². The van der Waals surface area contributed by atoms with Gasteiger partial charge in [0.15, 0.2) is 0 Å². The predicted molar refractivity (Wildman–Crippen MR) is 74.3 cm³/mol. The van der Waals surface area contributed by atoms with Crippen molar-refractivity contribution in [2.45, 2.75) is 6.61 Å². The van der Waals surface area contributed by atoms with E-state index in [2.05, 4.69) is 15.9 Å². The lowest BCUT2D eigenvalue weighted by Crippen LogP contribution is -1.98. The molecule has 0 spiro atoms. The summed E-state index contributed by atoms with van der Waals surface area (Å²) in [6, 6.07) is 9.77. The zero-order chi connectivity index (χ0) is 13.1. The van der Waals surface area contributed by atoms with Crippen molar-refractivity contribution in [2.75, 3.05) is 5.73 Å². The van der Waals surface area contributed by atoms with Crippen molar-refractivity contribution in [3.8, 4) is 5.75 Å². The third kappa shape index (κ3) is 2.94. The molecule has 0 aliphatic heterocycles. The SMILES string of the molecule is Nc1cccc(COc2ccc(F)c(Cl)c2)c1Br. The van der Waals surface area contributed by atoms with Gasteiger partial charge in [-0.1, -0.05) is 23.7 Å². The average molecular weight is 331 g/mol. The third-order valence-corrected chi connectivity index (χ3v) is 3.65. The Morgan fingerprint density at radius 1 is 1.28 bits per heavy atom. The van der Waals surface area contributed by atoms with Gasteiger partial charge in [-0.2, -0.15) is 0 Å². The molecule has 94 valence electrons. The molecule has 0 bridgehead atoms. The highest BCUT2D eigenvalue weighted by Crippen LogP contribution is 2.26. The van der Waals surface area contributed by atoms with Gasteiger partial charge in [0.2, 0.25) is 0 Å². The first-order chi connectivity index (χ1) is 8.58. The smallest absolute Gasteiger partial charge is 0.142 e. The number of nitrogens with two attached hydrogens (primary N) is 1. The average Bonchev–Trinajstić information content (AvgIpc) is 2.35. The summed E-state index contributed by atoms with van der Waals surface area (Å²) in [5, 5.41) is 0.0409. The third-order valence-electron chi connectivity index (χ3n) is 2.39. The topological polar surface area (TPSA) is 35.2 Å². The Morgan fingerprint density at radius 2 is 2.06 bits per heavy atom. The van der Waals surface area contributed by atoms with Crippen molar-refractivity contribution < 1.29 is 9.13 Å². The Kier molecular flexibility index (Phi) is 4.09. The van der Waals surface area contributed by atoms with E-state index in [1.165, 1.54) is 18.2 Å². The normalized spacial score (nSPS) is 10.4. The largest absolute Gasteiger partial charge is 0.489 e. The highest BCUT2D eigenvalue weighted by molar-refractivity contribution is 9.10. The van der Waals surface area contributed by atoms with Gasteiger partial charge in [0.05, 0.1) is 5.02 Å². The number of nitrogen functional groups attached to an aromatic ring is 1. The summed E-state index contributed by atoms with van der Waals surface area (Å²) >= 11 is 9.06. The van der Waals surface area contributed by atoms with E-state index in [4.69, 9.17) is 22.1 Å². The Morgan fingerprint density at radius 3 is 2.78 bits per heavy atom. The molecule has 0 atom stereocenters. The Hall–Kier alpha value is -1.26. The fourth-order valence-electron chi connectivity index (χ4n) is 1.44. The Balaban J connectivity index is 2.11. The minimum absolute atomic E-state index is 0.0409. The van der Waals surface area contributed by atoms with Crippen molar-refractivity contribution in [2.24, 2.45) is 0 Å². The molecule has 0 saturated heterocycles. The maximum absolute atomic E-state index is 13.0. The van der Waals surface area contributed by atoms with E-state index in [1.54, 1.807) is 6.07 Å². The Bertz CT molecular complexity index is 577. The molecule has 5 heteroatoms. The van der Waals surface area contributed by atoms with Crippen LogP contribution in [0.15, 0.2) is 40.9 Å². The lowest BCUT2D eigenvalue weighted by molar-refractivity contribution is 0.305. The van der Waals surface area contributed by atoms with Crippen LogP contribution in [-0.4, -0.2) is 0 Å². The van der Waals surface area contributed by atoms with Crippen LogP contribution in [0.3, 0.4) is 0 Å². The van der Waals surface area contributed by atoms with Gasteiger partial charge in [-0.05, 0) is 34.1 Å². The standard InChI is InChI=1S/C13H10BrClFNO/c14-13-8(2-1-3-12(13)17)7-18-9-4-5-11(16)10(15)6-9/h1-6H,7,17H2. The number of halogens is 3. The number of hydrogen-bond donors (Lipinski definition) is 1. The van der Waals surface area contributed by atoms with Gasteiger partial charge in [0, 0.05) is 21.8 Å². The zero-order valence-corrected chi connectivity index (χ0v) is 11.6. The summed E-state index contributed by atoms with van der Waals surface area (Å²) in [5.41, 5.74) is 7.32. The van der Waals surface area contributed by atoms with Crippen LogP contribution in [0.1, 0.15) is 5.56 Å². The second-order valence-electron chi connectivity index (χ2n) is 3.68. The highest BCUT2D eigenvalue weighted by atomic mass is 79.9. The summed E-state index contributed by atoms with van der Waals surface area (Å²) in [6.45, 7) is 0.327. The van der Waals surface area contributed by atoms with Gasteiger partial charge in [-0.3, -0.25) is 0 Å². The van der Waals surface area contributed by atoms with Crippen LogP contribution in [0, 0.1) is 5.82 Å². The number of hydrogen-bond acceptors (Lipinski definition) is 2. The quantitative estimate of drug-likeness (QED) is 0.846. The Labute approximate surface area is 118 Å². The van der Waals surface area contributed by atoms with Gasteiger partial charge in [0.25, 0.3) is 0 Å². The van der Waals surface area contributed by atoms with Crippen LogP contribution in [0.4, 0.5) is 10.1 Å². The zero-order valence-electron chi connectivity index (χ0n) is 9.29. The number of ether oxygens (including phenoxy) is 1. The monoisotopic (exact) mass is 329 g/mol. The lowest BCUT2D eigenvalue weighted by Gasteiger charge is -2.09. The molecular formula is C13H10BrClFNO. The fraction of sp³-hybridized carbons (Fsp3) is 0.0769. The number of benzene rings is 2. The molecule has 2 nitrogen and oxygen atoms in total. The maximum Gasteiger partial charge on any atom is 0.142 e. The molecule has 0 amide bonds. The van der Waals surface area contributed by atoms with Crippen molar-refractivity contribution in [1.82, 2.24) is 0 Å². The van der Waals surface area contributed by atoms with E-state index in [0.717, 1.165) is 10.0 Å². The van der Waals surface area contributed by atoms with E-state index in [9.17, 15) is 4.39 Å². The highest BCUT2D eigenvalue weighted by Gasteiger charge is 2.05. The van der Waals surface area contributed by atoms with E-state index in [1.807, 2.05) is 12.1 Å². The molecule has 2 aromatic carbocycles. The first-order valence-electron chi connectivity index (χ1n) is 5.18. The van der Waals surface area contributed by atoms with Crippen LogP contribution in [0.5, 0.6) is 5.75 Å². The molecule has 0 heterocycles. The first kappa shape index (κ1) is 13.2. The minimum Gasteiger partial charge on any atom is -0.489 e. The fourth-order valence-corrected chi connectivity index (χ4v) is 1.99. The molecule has 2 rings (SSSR count). The second-order valence-corrected chi connectivity index (χ2v) is 4.89. The summed E-state index contributed by atoms with van der Waals surface area (Å²) in [6.07, 6.45) is 0. The molecule has 0 radical (unpaired) electrons. The summed E-state index contributed by atoms with van der Waals surface area (Å²) in [7, 11) is 0. The molecule has 18 heavy (non-hydrogen) atoms. The maximum atomic E-state index is 13.0. The van der Waals surface area contributed by atoms with E-state index < -0.39 is 5.82 Å². The van der Waals surface area contributed by atoms with Crippen molar-refractivity contribution >= 4 is 33.2 Å². The molecule has 2 aromatic rings. The summed E-state index contributed by atoms with van der Waals surface area (Å²) in [4.78, 5) is 0. The second kappa shape index (κ2) is 5.59. The van der Waals surface area contributed by atoms with Crippen LogP contribution in [0.2, 0.25) is 5.02 Å². The van der Waals surface area contributed by atoms with E-state index in [0.29, 0.717) is 18.0 Å². The molecule has 0 fully saturated rings. The van der Waals surface area contributed by atoms with Crippen molar-refractivity contribution in [3.05, 3.63) is 57.3 Å². The summed E-state index contributed by atoms with van der Waals surface area (Å²) in [5.74, 6) is 0.0462. The van der Waals surface area contributed by atoms with Gasteiger partial charge in [0.1, 0.15) is 18.2 Å². The molecule has 0 aliphatic carbocycles. The molecule has 0 unspecified atom stereocenters.